The zero-order valence-electron chi connectivity index (χ0n) is 10.5. The zero-order valence-corrected chi connectivity index (χ0v) is 10.5. The molecule has 1 aliphatic heterocycles. The first kappa shape index (κ1) is 12.0. The summed E-state index contributed by atoms with van der Waals surface area (Å²) >= 11 is 0. The lowest BCUT2D eigenvalue weighted by Crippen LogP contribution is -2.26. The van der Waals surface area contributed by atoms with Gasteiger partial charge in [-0.25, -0.2) is 0 Å². The van der Waals surface area contributed by atoms with Gasteiger partial charge in [0.05, 0.1) is 7.11 Å². The summed E-state index contributed by atoms with van der Waals surface area (Å²) in [5.41, 5.74) is 2.21. The van der Waals surface area contributed by atoms with E-state index in [1.807, 2.05) is 25.1 Å². The average molecular weight is 234 g/mol. The van der Waals surface area contributed by atoms with E-state index in [0.29, 0.717) is 6.61 Å². The number of methoxy groups -OCH3 is 1. The molecular weight excluding hydrogens is 216 g/mol. The summed E-state index contributed by atoms with van der Waals surface area (Å²) in [5, 5.41) is 0. The average Bonchev–Trinajstić information content (AvgIpc) is 2.37. The Kier molecular flexibility index (Phi) is 3.69. The molecule has 0 fully saturated rings. The van der Waals surface area contributed by atoms with E-state index in [1.165, 1.54) is 0 Å². The fourth-order valence-corrected chi connectivity index (χ4v) is 1.94. The minimum atomic E-state index is -0.284. The molecule has 1 aromatic carbocycles. The maximum Gasteiger partial charge on any atom is 0.223 e. The Hall–Kier alpha value is -1.48. The normalized spacial score (nSPS) is 18.1. The largest absolute Gasteiger partial charge is 0.493 e. The SMILES string of the molecule is CCO[C@@H]1Oc2c(cccc2OC)C=C1CC. The van der Waals surface area contributed by atoms with Gasteiger partial charge < -0.3 is 14.2 Å². The molecule has 0 spiro atoms. The van der Waals surface area contributed by atoms with E-state index in [9.17, 15) is 0 Å². The summed E-state index contributed by atoms with van der Waals surface area (Å²) in [7, 11) is 1.65. The molecule has 0 bridgehead atoms. The number of hydrogen-bond acceptors (Lipinski definition) is 3. The third-order valence-corrected chi connectivity index (χ3v) is 2.82. The second-order valence-corrected chi connectivity index (χ2v) is 3.86. The summed E-state index contributed by atoms with van der Waals surface area (Å²) in [6, 6.07) is 5.88. The van der Waals surface area contributed by atoms with Crippen molar-refractivity contribution in [3.8, 4) is 11.5 Å². The Morgan fingerprint density at radius 3 is 2.76 bits per heavy atom. The van der Waals surface area contributed by atoms with Gasteiger partial charge in [0, 0.05) is 12.2 Å². The van der Waals surface area contributed by atoms with Crippen LogP contribution in [0.1, 0.15) is 25.8 Å². The van der Waals surface area contributed by atoms with Gasteiger partial charge in [-0.15, -0.1) is 0 Å². The van der Waals surface area contributed by atoms with Crippen LogP contribution in [0.3, 0.4) is 0 Å². The number of benzene rings is 1. The van der Waals surface area contributed by atoms with Crippen LogP contribution in [0.5, 0.6) is 11.5 Å². The molecule has 0 aromatic heterocycles. The lowest BCUT2D eigenvalue weighted by atomic mass is 10.0. The van der Waals surface area contributed by atoms with Crippen LogP contribution in [0.15, 0.2) is 23.8 Å². The van der Waals surface area contributed by atoms with Crippen LogP contribution < -0.4 is 9.47 Å². The van der Waals surface area contributed by atoms with Crippen molar-refractivity contribution in [1.29, 1.82) is 0 Å². The van der Waals surface area contributed by atoms with E-state index in [2.05, 4.69) is 13.0 Å². The molecule has 0 unspecified atom stereocenters. The lowest BCUT2D eigenvalue weighted by Gasteiger charge is -2.27. The molecule has 1 atom stereocenters. The summed E-state index contributed by atoms with van der Waals surface area (Å²) in [5.74, 6) is 1.52. The lowest BCUT2D eigenvalue weighted by molar-refractivity contribution is -0.0524. The van der Waals surface area contributed by atoms with Crippen molar-refractivity contribution in [2.75, 3.05) is 13.7 Å². The van der Waals surface area contributed by atoms with Crippen LogP contribution in [0, 0.1) is 0 Å². The van der Waals surface area contributed by atoms with Gasteiger partial charge in [-0.05, 0) is 31.1 Å². The number of hydrogen-bond donors (Lipinski definition) is 0. The predicted molar refractivity (Wildman–Crippen MR) is 67.3 cm³/mol. The summed E-state index contributed by atoms with van der Waals surface area (Å²) in [4.78, 5) is 0. The molecule has 3 heteroatoms. The highest BCUT2D eigenvalue weighted by molar-refractivity contribution is 5.66. The molecule has 0 amide bonds. The molecule has 1 heterocycles. The van der Waals surface area contributed by atoms with Gasteiger partial charge in [0.25, 0.3) is 0 Å². The van der Waals surface area contributed by atoms with Crippen LogP contribution in [-0.4, -0.2) is 20.0 Å². The van der Waals surface area contributed by atoms with E-state index >= 15 is 0 Å². The van der Waals surface area contributed by atoms with Crippen molar-refractivity contribution in [2.45, 2.75) is 26.6 Å². The molecule has 0 N–H and O–H groups in total. The number of ether oxygens (including phenoxy) is 3. The molecule has 1 aromatic rings. The first-order chi connectivity index (χ1) is 8.30. The molecule has 92 valence electrons. The van der Waals surface area contributed by atoms with Gasteiger partial charge in [-0.3, -0.25) is 0 Å². The zero-order chi connectivity index (χ0) is 12.3. The number of para-hydroxylation sites is 1. The minimum absolute atomic E-state index is 0.284. The fourth-order valence-electron chi connectivity index (χ4n) is 1.94. The first-order valence-electron chi connectivity index (χ1n) is 5.95. The maximum absolute atomic E-state index is 5.88. The Balaban J connectivity index is 2.39. The highest BCUT2D eigenvalue weighted by atomic mass is 16.7. The van der Waals surface area contributed by atoms with E-state index in [1.54, 1.807) is 7.11 Å². The van der Waals surface area contributed by atoms with Gasteiger partial charge in [-0.1, -0.05) is 19.1 Å². The van der Waals surface area contributed by atoms with Gasteiger partial charge in [0.15, 0.2) is 11.5 Å². The highest BCUT2D eigenvalue weighted by Gasteiger charge is 2.24. The van der Waals surface area contributed by atoms with Gasteiger partial charge >= 0.3 is 0 Å². The third-order valence-electron chi connectivity index (χ3n) is 2.82. The van der Waals surface area contributed by atoms with Crippen LogP contribution in [0.2, 0.25) is 0 Å². The van der Waals surface area contributed by atoms with E-state index < -0.39 is 0 Å². The topological polar surface area (TPSA) is 27.7 Å². The Morgan fingerprint density at radius 1 is 1.29 bits per heavy atom. The van der Waals surface area contributed by atoms with Crippen molar-refractivity contribution in [1.82, 2.24) is 0 Å². The van der Waals surface area contributed by atoms with Crippen molar-refractivity contribution in [2.24, 2.45) is 0 Å². The third kappa shape index (κ3) is 2.29. The van der Waals surface area contributed by atoms with E-state index in [0.717, 1.165) is 29.1 Å². The summed E-state index contributed by atoms with van der Waals surface area (Å²) < 4.78 is 16.8. The number of fused-ring (bicyclic) bond motifs is 1. The van der Waals surface area contributed by atoms with Gasteiger partial charge in [0.2, 0.25) is 6.29 Å². The summed E-state index contributed by atoms with van der Waals surface area (Å²) in [6.07, 6.45) is 2.76. The second kappa shape index (κ2) is 5.23. The highest BCUT2D eigenvalue weighted by Crippen LogP contribution is 2.38. The molecule has 0 aliphatic carbocycles. The van der Waals surface area contributed by atoms with Crippen molar-refractivity contribution in [3.63, 3.8) is 0 Å². The summed E-state index contributed by atoms with van der Waals surface area (Å²) in [6.45, 7) is 4.70. The van der Waals surface area contributed by atoms with Crippen LogP contribution in [-0.2, 0) is 4.74 Å². The monoisotopic (exact) mass is 234 g/mol. The molecule has 0 saturated heterocycles. The van der Waals surface area contributed by atoms with Gasteiger partial charge in [0.1, 0.15) is 0 Å². The Morgan fingerprint density at radius 2 is 2.12 bits per heavy atom. The molecule has 2 rings (SSSR count). The first-order valence-corrected chi connectivity index (χ1v) is 5.95. The molecule has 0 saturated carbocycles. The molecule has 3 nitrogen and oxygen atoms in total. The van der Waals surface area contributed by atoms with Crippen molar-refractivity contribution in [3.05, 3.63) is 29.3 Å². The fraction of sp³-hybridized carbons (Fsp3) is 0.429. The molecule has 17 heavy (non-hydrogen) atoms. The smallest absolute Gasteiger partial charge is 0.223 e. The van der Waals surface area contributed by atoms with Gasteiger partial charge in [-0.2, -0.15) is 0 Å². The van der Waals surface area contributed by atoms with Crippen molar-refractivity contribution < 1.29 is 14.2 Å². The molecule has 0 radical (unpaired) electrons. The van der Waals surface area contributed by atoms with Crippen LogP contribution in [0.25, 0.3) is 6.08 Å². The Labute approximate surface area is 102 Å². The standard InChI is InChI=1S/C14H18O3/c1-4-10-9-11-7-6-8-12(15-3)13(11)17-14(10)16-5-2/h6-9,14H,4-5H2,1-3H3/t14-/m1/s1. The number of rotatable bonds is 4. The molecular formula is C14H18O3. The van der Waals surface area contributed by atoms with E-state index in [-0.39, 0.29) is 6.29 Å². The van der Waals surface area contributed by atoms with Crippen LogP contribution in [0.4, 0.5) is 0 Å². The second-order valence-electron chi connectivity index (χ2n) is 3.86. The quantitative estimate of drug-likeness (QED) is 0.800. The van der Waals surface area contributed by atoms with Crippen molar-refractivity contribution >= 4 is 6.08 Å². The molecule has 1 aliphatic rings. The Bertz CT molecular complexity index is 423. The minimum Gasteiger partial charge on any atom is -0.493 e. The predicted octanol–water partition coefficient (Wildman–Crippen LogP) is 3.24. The van der Waals surface area contributed by atoms with Crippen LogP contribution >= 0.6 is 0 Å². The maximum atomic E-state index is 5.88. The van der Waals surface area contributed by atoms with E-state index in [4.69, 9.17) is 14.2 Å².